The van der Waals surface area contributed by atoms with Crippen LogP contribution in [0.2, 0.25) is 5.02 Å². The molecule has 4 nitrogen and oxygen atoms in total. The van der Waals surface area contributed by atoms with E-state index in [4.69, 9.17) is 11.6 Å². The standard InChI is InChI=1S/C23H31ClN2O2/c1-26(15-19-5-2-3-6-20(19)24)21(27)7-4-8-25-22(28)23-12-16-9-17(13-23)11-18(10-16)14-23/h2-3,5-6,16-18H,4,7-15H2,1H3,(H,25,28). The van der Waals surface area contributed by atoms with Crippen LogP contribution in [0.5, 0.6) is 0 Å². The molecule has 0 radical (unpaired) electrons. The molecule has 0 atom stereocenters. The maximum Gasteiger partial charge on any atom is 0.226 e. The summed E-state index contributed by atoms with van der Waals surface area (Å²) < 4.78 is 0. The van der Waals surface area contributed by atoms with Crippen molar-refractivity contribution in [3.8, 4) is 0 Å². The molecular formula is C23H31ClN2O2. The first-order chi connectivity index (χ1) is 13.4. The Balaban J connectivity index is 1.21. The number of carbonyl (C=O) groups is 2. The van der Waals surface area contributed by atoms with Crippen LogP contribution in [0.25, 0.3) is 0 Å². The topological polar surface area (TPSA) is 49.4 Å². The van der Waals surface area contributed by atoms with E-state index in [1.54, 1.807) is 11.9 Å². The quantitative estimate of drug-likeness (QED) is 0.686. The lowest BCUT2D eigenvalue weighted by Crippen LogP contribution is -2.53. The summed E-state index contributed by atoms with van der Waals surface area (Å²) in [6.45, 7) is 1.10. The van der Waals surface area contributed by atoms with Crippen molar-refractivity contribution in [2.45, 2.75) is 57.9 Å². The van der Waals surface area contributed by atoms with E-state index in [1.165, 1.54) is 19.3 Å². The number of nitrogens with one attached hydrogen (secondary N) is 1. The van der Waals surface area contributed by atoms with Gasteiger partial charge >= 0.3 is 0 Å². The fourth-order valence-electron chi connectivity index (χ4n) is 6.18. The number of nitrogens with zero attached hydrogens (tertiary/aromatic N) is 1. The van der Waals surface area contributed by atoms with E-state index < -0.39 is 0 Å². The second kappa shape index (κ2) is 8.06. The first-order valence-corrected chi connectivity index (χ1v) is 11.1. The minimum atomic E-state index is -0.0976. The van der Waals surface area contributed by atoms with Crippen LogP contribution in [0.3, 0.4) is 0 Å². The molecule has 0 saturated heterocycles. The third kappa shape index (κ3) is 4.07. The maximum atomic E-state index is 12.9. The van der Waals surface area contributed by atoms with Crippen LogP contribution < -0.4 is 5.32 Å². The van der Waals surface area contributed by atoms with Crippen LogP contribution in [0.4, 0.5) is 0 Å². The summed E-state index contributed by atoms with van der Waals surface area (Å²) in [5.41, 5.74) is 0.856. The molecule has 152 valence electrons. The summed E-state index contributed by atoms with van der Waals surface area (Å²) in [6, 6.07) is 7.60. The van der Waals surface area contributed by atoms with Crippen molar-refractivity contribution < 1.29 is 9.59 Å². The molecule has 0 aliphatic heterocycles. The number of carbonyl (C=O) groups excluding carboxylic acids is 2. The average molecular weight is 403 g/mol. The summed E-state index contributed by atoms with van der Waals surface area (Å²) in [7, 11) is 1.81. The minimum Gasteiger partial charge on any atom is -0.356 e. The molecule has 4 fully saturated rings. The van der Waals surface area contributed by atoms with Gasteiger partial charge in [0.1, 0.15) is 0 Å². The number of hydrogen-bond acceptors (Lipinski definition) is 2. The average Bonchev–Trinajstić information content (AvgIpc) is 2.65. The summed E-state index contributed by atoms with van der Waals surface area (Å²) in [6.07, 6.45) is 8.43. The van der Waals surface area contributed by atoms with E-state index in [1.807, 2.05) is 24.3 Å². The largest absolute Gasteiger partial charge is 0.356 e. The molecule has 5 heteroatoms. The van der Waals surface area contributed by atoms with E-state index in [2.05, 4.69) is 5.32 Å². The first kappa shape index (κ1) is 19.8. The van der Waals surface area contributed by atoms with Crippen LogP contribution >= 0.6 is 11.6 Å². The van der Waals surface area contributed by atoms with E-state index in [0.717, 1.165) is 42.6 Å². The van der Waals surface area contributed by atoms with Crippen molar-refractivity contribution in [2.24, 2.45) is 23.2 Å². The molecule has 0 aromatic heterocycles. The molecule has 4 aliphatic carbocycles. The SMILES string of the molecule is CN(Cc1ccccc1Cl)C(=O)CCCNC(=O)C12CC3CC(CC(C3)C1)C2. The van der Waals surface area contributed by atoms with E-state index in [0.29, 0.717) is 31.0 Å². The third-order valence-corrected chi connectivity index (χ3v) is 7.53. The Morgan fingerprint density at radius 1 is 1.11 bits per heavy atom. The van der Waals surface area contributed by atoms with Gasteiger partial charge in [-0.05, 0) is 74.3 Å². The highest BCUT2D eigenvalue weighted by Gasteiger charge is 2.54. The third-order valence-electron chi connectivity index (χ3n) is 7.16. The van der Waals surface area contributed by atoms with Gasteiger partial charge in [0.25, 0.3) is 0 Å². The highest BCUT2D eigenvalue weighted by molar-refractivity contribution is 6.31. The number of hydrogen-bond donors (Lipinski definition) is 1. The van der Waals surface area contributed by atoms with Gasteiger partial charge in [0, 0.05) is 37.0 Å². The number of rotatable bonds is 7. The van der Waals surface area contributed by atoms with Crippen molar-refractivity contribution >= 4 is 23.4 Å². The van der Waals surface area contributed by atoms with Crippen molar-refractivity contribution in [2.75, 3.05) is 13.6 Å². The zero-order valence-corrected chi connectivity index (χ0v) is 17.5. The van der Waals surface area contributed by atoms with Gasteiger partial charge in [-0.2, -0.15) is 0 Å². The Kier molecular flexibility index (Phi) is 5.69. The molecule has 4 bridgehead atoms. The second-order valence-corrected chi connectivity index (χ2v) is 9.81. The van der Waals surface area contributed by atoms with Crippen LogP contribution in [0.15, 0.2) is 24.3 Å². The molecule has 4 saturated carbocycles. The Morgan fingerprint density at radius 3 is 2.32 bits per heavy atom. The molecule has 4 aliphatic rings. The summed E-state index contributed by atoms with van der Waals surface area (Å²) in [5.74, 6) is 2.67. The fourth-order valence-corrected chi connectivity index (χ4v) is 6.37. The Morgan fingerprint density at radius 2 is 1.71 bits per heavy atom. The molecular weight excluding hydrogens is 372 g/mol. The highest BCUT2D eigenvalue weighted by atomic mass is 35.5. The monoisotopic (exact) mass is 402 g/mol. The Bertz CT molecular complexity index is 713. The molecule has 1 aromatic rings. The van der Waals surface area contributed by atoms with E-state index in [-0.39, 0.29) is 17.2 Å². The minimum absolute atomic E-state index is 0.0870. The number of amides is 2. The molecule has 0 spiro atoms. The summed E-state index contributed by atoms with van der Waals surface area (Å²) >= 11 is 6.18. The normalized spacial score (nSPS) is 30.3. The molecule has 0 heterocycles. The Labute approximate surface area is 173 Å². The van der Waals surface area contributed by atoms with Crippen molar-refractivity contribution in [3.05, 3.63) is 34.9 Å². The van der Waals surface area contributed by atoms with Gasteiger partial charge in [-0.3, -0.25) is 9.59 Å². The molecule has 2 amide bonds. The van der Waals surface area contributed by atoms with Gasteiger partial charge in [0.2, 0.25) is 11.8 Å². The fraction of sp³-hybridized carbons (Fsp3) is 0.652. The predicted molar refractivity (Wildman–Crippen MR) is 111 cm³/mol. The van der Waals surface area contributed by atoms with Crippen LogP contribution in [0, 0.1) is 23.2 Å². The molecule has 5 rings (SSSR count). The van der Waals surface area contributed by atoms with Gasteiger partial charge in [-0.15, -0.1) is 0 Å². The van der Waals surface area contributed by atoms with Gasteiger partial charge < -0.3 is 10.2 Å². The first-order valence-electron chi connectivity index (χ1n) is 10.7. The van der Waals surface area contributed by atoms with Crippen LogP contribution in [-0.4, -0.2) is 30.3 Å². The number of halogens is 1. The second-order valence-electron chi connectivity index (χ2n) is 9.40. The van der Waals surface area contributed by atoms with Gasteiger partial charge in [-0.1, -0.05) is 29.8 Å². The maximum absolute atomic E-state index is 12.9. The molecule has 1 aromatic carbocycles. The van der Waals surface area contributed by atoms with Gasteiger partial charge in [-0.25, -0.2) is 0 Å². The smallest absolute Gasteiger partial charge is 0.226 e. The number of benzene rings is 1. The molecule has 0 unspecified atom stereocenters. The lowest BCUT2D eigenvalue weighted by atomic mass is 9.49. The van der Waals surface area contributed by atoms with Gasteiger partial charge in [0.05, 0.1) is 0 Å². The molecule has 1 N–H and O–H groups in total. The predicted octanol–water partition coefficient (Wildman–Crippen LogP) is 4.41. The lowest BCUT2D eigenvalue weighted by molar-refractivity contribution is -0.146. The molecule has 28 heavy (non-hydrogen) atoms. The summed E-state index contributed by atoms with van der Waals surface area (Å²) in [4.78, 5) is 27.0. The van der Waals surface area contributed by atoms with Crippen molar-refractivity contribution in [1.29, 1.82) is 0 Å². The summed E-state index contributed by atoms with van der Waals surface area (Å²) in [5, 5.41) is 3.85. The van der Waals surface area contributed by atoms with Gasteiger partial charge in [0.15, 0.2) is 0 Å². The zero-order chi connectivity index (χ0) is 19.7. The van der Waals surface area contributed by atoms with E-state index >= 15 is 0 Å². The highest BCUT2D eigenvalue weighted by Crippen LogP contribution is 2.60. The van der Waals surface area contributed by atoms with Crippen molar-refractivity contribution in [3.63, 3.8) is 0 Å². The zero-order valence-electron chi connectivity index (χ0n) is 16.8. The van der Waals surface area contributed by atoms with E-state index in [9.17, 15) is 9.59 Å². The van der Waals surface area contributed by atoms with Crippen molar-refractivity contribution in [1.82, 2.24) is 10.2 Å². The Hall–Kier alpha value is -1.55. The van der Waals surface area contributed by atoms with Crippen LogP contribution in [0.1, 0.15) is 56.9 Å². The lowest BCUT2D eigenvalue weighted by Gasteiger charge is -2.55. The van der Waals surface area contributed by atoms with Crippen LogP contribution in [-0.2, 0) is 16.1 Å².